The summed E-state index contributed by atoms with van der Waals surface area (Å²) in [6.07, 6.45) is 0. The molecule has 1 aromatic carbocycles. The van der Waals surface area contributed by atoms with Crippen LogP contribution < -0.4 is 5.32 Å². The molecule has 0 atom stereocenters. The van der Waals surface area contributed by atoms with Gasteiger partial charge in [-0.25, -0.2) is 0 Å². The zero-order valence-electron chi connectivity index (χ0n) is 7.86. The van der Waals surface area contributed by atoms with Gasteiger partial charge in [0.1, 0.15) is 6.07 Å². The average molecular weight is 200 g/mol. The molecule has 0 radical (unpaired) electrons. The van der Waals surface area contributed by atoms with Gasteiger partial charge in [0.2, 0.25) is 5.76 Å². The van der Waals surface area contributed by atoms with Crippen LogP contribution in [0.1, 0.15) is 5.56 Å². The van der Waals surface area contributed by atoms with Gasteiger partial charge in [0.05, 0.1) is 5.57 Å². The van der Waals surface area contributed by atoms with Gasteiger partial charge >= 0.3 is 0 Å². The van der Waals surface area contributed by atoms with Crippen molar-refractivity contribution in [1.82, 2.24) is 5.32 Å². The lowest BCUT2D eigenvalue weighted by Gasteiger charge is -2.17. The van der Waals surface area contributed by atoms with Crippen molar-refractivity contribution in [3.05, 3.63) is 41.7 Å². The van der Waals surface area contributed by atoms with E-state index in [4.69, 9.17) is 10.00 Å². The third-order valence-electron chi connectivity index (χ3n) is 2.07. The number of ether oxygens (including phenoxy) is 1. The molecule has 15 heavy (non-hydrogen) atoms. The van der Waals surface area contributed by atoms with Gasteiger partial charge in [-0.3, -0.25) is 4.79 Å². The molecule has 0 saturated heterocycles. The maximum atomic E-state index is 11.6. The lowest BCUT2D eigenvalue weighted by molar-refractivity contribution is -0.117. The molecule has 1 N–H and O–H groups in total. The van der Waals surface area contributed by atoms with E-state index in [9.17, 15) is 4.79 Å². The Bertz CT molecular complexity index is 457. The van der Waals surface area contributed by atoms with Crippen molar-refractivity contribution in [1.29, 1.82) is 5.26 Å². The van der Waals surface area contributed by atoms with Crippen LogP contribution in [0.15, 0.2) is 36.1 Å². The fraction of sp³-hybridized carbons (Fsp3) is 0.0909. The molecule has 0 aromatic heterocycles. The summed E-state index contributed by atoms with van der Waals surface area (Å²) >= 11 is 0. The molecule has 74 valence electrons. The van der Waals surface area contributed by atoms with Crippen LogP contribution >= 0.6 is 0 Å². The quantitative estimate of drug-likeness (QED) is 0.736. The molecular formula is C11H8N2O2. The minimum atomic E-state index is -0.274. The molecule has 1 heterocycles. The predicted octanol–water partition coefficient (Wildman–Crippen LogP) is 1.03. The summed E-state index contributed by atoms with van der Waals surface area (Å²) in [7, 11) is 0. The third kappa shape index (κ3) is 1.67. The predicted molar refractivity (Wildman–Crippen MR) is 53.1 cm³/mol. The van der Waals surface area contributed by atoms with E-state index in [1.54, 1.807) is 24.3 Å². The molecule has 1 aliphatic rings. The molecule has 0 unspecified atom stereocenters. The number of benzene rings is 1. The molecule has 2 rings (SSSR count). The van der Waals surface area contributed by atoms with Crippen LogP contribution in [0, 0.1) is 11.3 Å². The number of nitriles is 1. The zero-order valence-corrected chi connectivity index (χ0v) is 7.86. The summed E-state index contributed by atoms with van der Waals surface area (Å²) in [6.45, 7) is 0.0536. The first-order valence-electron chi connectivity index (χ1n) is 4.43. The molecular weight excluding hydrogens is 192 g/mol. The molecule has 0 fully saturated rings. The molecule has 4 nitrogen and oxygen atoms in total. The van der Waals surface area contributed by atoms with Crippen LogP contribution in [-0.4, -0.2) is 12.6 Å². The van der Waals surface area contributed by atoms with E-state index in [2.05, 4.69) is 5.32 Å². The van der Waals surface area contributed by atoms with Crippen molar-refractivity contribution in [3.8, 4) is 6.07 Å². The van der Waals surface area contributed by atoms with Crippen molar-refractivity contribution in [2.45, 2.75) is 0 Å². The van der Waals surface area contributed by atoms with Crippen LogP contribution in [-0.2, 0) is 9.53 Å². The molecule has 1 aromatic rings. The Balaban J connectivity index is 2.54. The lowest BCUT2D eigenvalue weighted by Crippen LogP contribution is -2.32. The number of amides is 1. The van der Waals surface area contributed by atoms with E-state index >= 15 is 0 Å². The molecule has 1 aliphatic heterocycles. The van der Waals surface area contributed by atoms with Gasteiger partial charge in [0, 0.05) is 0 Å². The first-order valence-corrected chi connectivity index (χ1v) is 4.43. The highest BCUT2D eigenvalue weighted by Crippen LogP contribution is 2.21. The highest BCUT2D eigenvalue weighted by atomic mass is 16.5. The molecule has 4 heteroatoms. The second-order valence-corrected chi connectivity index (χ2v) is 2.98. The number of hydrogen-bond acceptors (Lipinski definition) is 3. The molecule has 0 bridgehead atoms. The number of allylic oxidation sites excluding steroid dienone is 1. The normalized spacial score (nSPS) is 15.3. The first-order chi connectivity index (χ1) is 7.33. The fourth-order valence-corrected chi connectivity index (χ4v) is 1.39. The highest BCUT2D eigenvalue weighted by molar-refractivity contribution is 6.21. The van der Waals surface area contributed by atoms with Crippen molar-refractivity contribution in [2.24, 2.45) is 0 Å². The standard InChI is InChI=1S/C11H8N2O2/c12-6-9-10(11(14)13-7-15-9)8-4-2-1-3-5-8/h1-5H,7H2,(H,13,14). The summed E-state index contributed by atoms with van der Waals surface area (Å²) < 4.78 is 5.05. The summed E-state index contributed by atoms with van der Waals surface area (Å²) in [4.78, 5) is 11.6. The largest absolute Gasteiger partial charge is 0.462 e. The van der Waals surface area contributed by atoms with Gasteiger partial charge in [-0.15, -0.1) is 0 Å². The van der Waals surface area contributed by atoms with E-state index in [0.717, 1.165) is 0 Å². The van der Waals surface area contributed by atoms with E-state index in [1.807, 2.05) is 12.1 Å². The van der Waals surface area contributed by atoms with Gasteiger partial charge in [-0.05, 0) is 5.56 Å². The fourth-order valence-electron chi connectivity index (χ4n) is 1.39. The van der Waals surface area contributed by atoms with Crippen LogP contribution in [0.3, 0.4) is 0 Å². The monoisotopic (exact) mass is 200 g/mol. The Morgan fingerprint density at radius 1 is 1.33 bits per heavy atom. The SMILES string of the molecule is N#CC1=C(c2ccccc2)C(=O)NCO1. The Labute approximate surface area is 86.8 Å². The maximum Gasteiger partial charge on any atom is 0.259 e. The van der Waals surface area contributed by atoms with E-state index in [1.165, 1.54) is 0 Å². The van der Waals surface area contributed by atoms with Crippen molar-refractivity contribution < 1.29 is 9.53 Å². The van der Waals surface area contributed by atoms with Crippen LogP contribution in [0.5, 0.6) is 0 Å². The number of carbonyl (C=O) groups is 1. The molecule has 0 aliphatic carbocycles. The van der Waals surface area contributed by atoms with Gasteiger partial charge in [-0.2, -0.15) is 5.26 Å². The highest BCUT2D eigenvalue weighted by Gasteiger charge is 2.22. The van der Waals surface area contributed by atoms with Gasteiger partial charge in [0.25, 0.3) is 5.91 Å². The Kier molecular flexibility index (Phi) is 2.38. The topological polar surface area (TPSA) is 62.1 Å². The van der Waals surface area contributed by atoms with Gasteiger partial charge in [-0.1, -0.05) is 30.3 Å². The smallest absolute Gasteiger partial charge is 0.259 e. The Hall–Kier alpha value is -2.28. The first kappa shape index (κ1) is 9.28. The van der Waals surface area contributed by atoms with Crippen LogP contribution in [0.25, 0.3) is 5.57 Å². The van der Waals surface area contributed by atoms with Gasteiger partial charge in [0.15, 0.2) is 6.73 Å². The average Bonchev–Trinajstić information content (AvgIpc) is 2.29. The van der Waals surface area contributed by atoms with Crippen LogP contribution in [0.4, 0.5) is 0 Å². The second-order valence-electron chi connectivity index (χ2n) is 2.98. The number of rotatable bonds is 1. The number of nitrogens with zero attached hydrogens (tertiary/aromatic N) is 1. The summed E-state index contributed by atoms with van der Waals surface area (Å²) in [5, 5.41) is 11.4. The molecule has 0 spiro atoms. The minimum Gasteiger partial charge on any atom is -0.462 e. The second kappa shape index (κ2) is 3.84. The van der Waals surface area contributed by atoms with E-state index in [-0.39, 0.29) is 18.4 Å². The van der Waals surface area contributed by atoms with Crippen LogP contribution in [0.2, 0.25) is 0 Å². The molecule has 0 saturated carbocycles. The minimum absolute atomic E-state index is 0.0536. The van der Waals surface area contributed by atoms with Crippen molar-refractivity contribution >= 4 is 11.5 Å². The Morgan fingerprint density at radius 2 is 2.07 bits per heavy atom. The van der Waals surface area contributed by atoms with Gasteiger partial charge < -0.3 is 10.1 Å². The summed E-state index contributed by atoms with van der Waals surface area (Å²) in [5.41, 5.74) is 0.982. The number of carbonyl (C=O) groups excluding carboxylic acids is 1. The third-order valence-corrected chi connectivity index (χ3v) is 2.07. The number of hydrogen-bond donors (Lipinski definition) is 1. The lowest BCUT2D eigenvalue weighted by atomic mass is 10.0. The van der Waals surface area contributed by atoms with E-state index in [0.29, 0.717) is 11.1 Å². The Morgan fingerprint density at radius 3 is 2.73 bits per heavy atom. The van der Waals surface area contributed by atoms with Crippen molar-refractivity contribution in [3.63, 3.8) is 0 Å². The zero-order chi connectivity index (χ0) is 10.7. The van der Waals surface area contributed by atoms with E-state index < -0.39 is 0 Å². The summed E-state index contributed by atoms with van der Waals surface area (Å²) in [5.74, 6) is -0.200. The van der Waals surface area contributed by atoms with Crippen molar-refractivity contribution in [2.75, 3.05) is 6.73 Å². The maximum absolute atomic E-state index is 11.6. The summed E-state index contributed by atoms with van der Waals surface area (Å²) in [6, 6.07) is 10.9. The molecule has 1 amide bonds. The number of nitrogens with one attached hydrogen (secondary N) is 1.